The number of carbonyl (C=O) groups excluding carboxylic acids is 7. The predicted octanol–water partition coefficient (Wildman–Crippen LogP) is 15.9. The summed E-state index contributed by atoms with van der Waals surface area (Å²) in [6.07, 6.45) is 35.9. The third kappa shape index (κ3) is 34.3. The molecule has 0 aromatic heterocycles. The van der Waals surface area contributed by atoms with Gasteiger partial charge in [-0.05, 0) is 76.7 Å². The molecule has 0 bridgehead atoms. The zero-order valence-corrected chi connectivity index (χ0v) is 51.6. The lowest BCUT2D eigenvalue weighted by molar-refractivity contribution is -0.167. The first-order valence-electron chi connectivity index (χ1n) is 31.7. The van der Waals surface area contributed by atoms with Crippen molar-refractivity contribution in [1.82, 2.24) is 0 Å². The molecule has 0 aliphatic carbocycles. The number of ether oxygens (including phenoxy) is 8. The average Bonchev–Trinajstić information content (AvgIpc) is 4.13. The van der Waals surface area contributed by atoms with E-state index in [-0.39, 0.29) is 107 Å². The summed E-state index contributed by atoms with van der Waals surface area (Å²) in [5, 5.41) is 0. The minimum absolute atomic E-state index is 0.00333. The maximum Gasteiger partial charge on any atom is 0.342 e. The van der Waals surface area contributed by atoms with E-state index in [1.54, 1.807) is 0 Å². The topological polar surface area (TPSA) is 193 Å². The van der Waals surface area contributed by atoms with Gasteiger partial charge >= 0.3 is 41.8 Å². The van der Waals surface area contributed by atoms with Crippen LogP contribution in [-0.4, -0.2) is 81.9 Å². The van der Waals surface area contributed by atoms with Crippen molar-refractivity contribution in [1.29, 1.82) is 0 Å². The molecule has 1 atom stereocenters. The number of allylic oxidation sites excluding steroid dienone is 2. The van der Waals surface area contributed by atoms with Crippen LogP contribution in [0.25, 0.3) is 0 Å². The highest BCUT2D eigenvalue weighted by Gasteiger charge is 2.34. The van der Waals surface area contributed by atoms with Crippen LogP contribution in [0.2, 0.25) is 0 Å². The minimum atomic E-state index is -0.932. The van der Waals surface area contributed by atoms with Crippen molar-refractivity contribution in [3.63, 3.8) is 0 Å². The van der Waals surface area contributed by atoms with Crippen LogP contribution in [0.15, 0.2) is 11.6 Å². The minimum Gasteiger partial charge on any atom is -0.496 e. The van der Waals surface area contributed by atoms with E-state index in [0.717, 1.165) is 44.1 Å². The molecule has 81 heavy (non-hydrogen) atoms. The molecule has 1 aliphatic heterocycles. The highest BCUT2D eigenvalue weighted by atomic mass is 16.6. The number of unbranched alkanes of at least 4 members (excludes halogenated alkanes) is 25. The van der Waals surface area contributed by atoms with Gasteiger partial charge in [0.15, 0.2) is 11.9 Å². The molecule has 1 heterocycles. The summed E-state index contributed by atoms with van der Waals surface area (Å²) in [6, 6.07) is 0. The van der Waals surface area contributed by atoms with Gasteiger partial charge < -0.3 is 37.9 Å². The molecule has 462 valence electrons. The Morgan fingerprint density at radius 3 is 1.48 bits per heavy atom. The van der Waals surface area contributed by atoms with Gasteiger partial charge in [0.1, 0.15) is 31.1 Å². The Labute approximate surface area is 488 Å². The third-order valence-corrected chi connectivity index (χ3v) is 15.2. The van der Waals surface area contributed by atoms with Crippen molar-refractivity contribution >= 4 is 41.8 Å². The first-order chi connectivity index (χ1) is 39.2. The van der Waals surface area contributed by atoms with Gasteiger partial charge in [0.05, 0.1) is 20.8 Å². The highest BCUT2D eigenvalue weighted by molar-refractivity contribution is 5.99. The van der Waals surface area contributed by atoms with Gasteiger partial charge in [-0.1, -0.05) is 187 Å². The van der Waals surface area contributed by atoms with Crippen LogP contribution in [0, 0.1) is 12.8 Å². The van der Waals surface area contributed by atoms with Gasteiger partial charge in [0.2, 0.25) is 0 Å². The molecule has 1 aliphatic rings. The molecular weight excluding hydrogens is 1030 g/mol. The Morgan fingerprint density at radius 2 is 0.988 bits per heavy atom. The number of methoxy groups -OCH3 is 2. The third-order valence-electron chi connectivity index (χ3n) is 15.2. The first-order valence-corrected chi connectivity index (χ1v) is 31.7. The summed E-state index contributed by atoms with van der Waals surface area (Å²) in [6.45, 7) is 9.83. The van der Waals surface area contributed by atoms with Gasteiger partial charge in [-0.15, -0.1) is 0 Å². The number of cyclic esters (lactones) is 1. The van der Waals surface area contributed by atoms with Crippen LogP contribution in [0.5, 0.6) is 11.5 Å². The number of hydrogen-bond donors (Lipinski definition) is 0. The second-order valence-corrected chi connectivity index (χ2v) is 22.5. The van der Waals surface area contributed by atoms with Crippen LogP contribution in [0.3, 0.4) is 0 Å². The van der Waals surface area contributed by atoms with E-state index in [1.165, 1.54) is 143 Å². The summed E-state index contributed by atoms with van der Waals surface area (Å²) in [5.74, 6) is -2.66. The van der Waals surface area contributed by atoms with Gasteiger partial charge in [0, 0.05) is 49.7 Å². The maximum atomic E-state index is 13.2. The molecule has 0 radical (unpaired) electrons. The number of esters is 7. The number of benzene rings is 1. The lowest BCUT2D eigenvalue weighted by atomic mass is 9.94. The number of carbonyl (C=O) groups is 7. The van der Waals surface area contributed by atoms with E-state index in [9.17, 15) is 33.6 Å². The van der Waals surface area contributed by atoms with Crippen molar-refractivity contribution in [3.8, 4) is 11.5 Å². The fourth-order valence-electron chi connectivity index (χ4n) is 10.1. The fourth-order valence-corrected chi connectivity index (χ4v) is 10.1. The number of hydrogen-bond acceptors (Lipinski definition) is 15. The van der Waals surface area contributed by atoms with E-state index >= 15 is 0 Å². The van der Waals surface area contributed by atoms with Crippen LogP contribution >= 0.6 is 0 Å². The van der Waals surface area contributed by atoms with E-state index in [4.69, 9.17) is 37.9 Å². The lowest BCUT2D eigenvalue weighted by Crippen LogP contribution is -2.31. The molecule has 2 rings (SSSR count). The predicted molar refractivity (Wildman–Crippen MR) is 316 cm³/mol. The monoisotopic (exact) mass is 1140 g/mol. The second kappa shape index (κ2) is 46.5. The zero-order valence-electron chi connectivity index (χ0n) is 51.6. The maximum absolute atomic E-state index is 13.2. The summed E-state index contributed by atoms with van der Waals surface area (Å²) in [7, 11) is 2.85. The Kier molecular flexibility index (Phi) is 41.4. The molecule has 0 spiro atoms. The van der Waals surface area contributed by atoms with E-state index in [2.05, 4.69) is 13.8 Å². The first kappa shape index (κ1) is 72.2. The molecule has 0 fully saturated rings. The largest absolute Gasteiger partial charge is 0.496 e. The van der Waals surface area contributed by atoms with Crippen molar-refractivity contribution in [2.45, 2.75) is 291 Å². The Balaban J connectivity index is 1.79. The zero-order chi connectivity index (χ0) is 59.3. The van der Waals surface area contributed by atoms with Crippen LogP contribution in [0.1, 0.15) is 292 Å². The SMILES string of the molecule is CCCCCCCCCCCCCCCC(=O)OCC(COC(=O)CCCCCCCCCCCCCCC)OC(=O)CC(C)CCCC(=O)OCCCCC(=O)Oc1c(C/C=C(\C)CCC(=O)OC)c(OC)c(C)c2c1C(=O)OC2. The summed E-state index contributed by atoms with van der Waals surface area (Å²) < 4.78 is 44.0. The molecule has 0 N–H and O–H groups in total. The van der Waals surface area contributed by atoms with E-state index < -0.39 is 30.0 Å². The lowest BCUT2D eigenvalue weighted by Gasteiger charge is -2.19. The van der Waals surface area contributed by atoms with Gasteiger partial charge in [0.25, 0.3) is 0 Å². The Bertz CT molecular complexity index is 1940. The molecule has 15 nitrogen and oxygen atoms in total. The molecule has 1 aromatic carbocycles. The number of fused-ring (bicyclic) bond motifs is 1. The standard InChI is InChI=1S/C66H108O15/c1-8-10-12-14-16-18-20-22-24-26-28-30-32-38-59(69)77-48-54(49-78-60(70)39-33-31-29-27-25-23-21-19-17-15-13-11-9-2)80-62(72)47-52(4)37-36-41-58(68)76-46-35-34-40-61(71)81-65-55(44-42-51(3)43-45-57(67)74-6)64(75-7)53(5)56-50-79-66(73)63(56)65/h42,52,54H,8-41,43-50H2,1-7H3/b51-42+. The van der Waals surface area contributed by atoms with Gasteiger partial charge in [-0.2, -0.15) is 0 Å². The summed E-state index contributed by atoms with van der Waals surface area (Å²) in [5.41, 5.74) is 2.94. The van der Waals surface area contributed by atoms with Crippen molar-refractivity contribution in [2.75, 3.05) is 34.0 Å². The van der Waals surface area contributed by atoms with Crippen LogP contribution in [-0.2, 0) is 70.2 Å². The summed E-state index contributed by atoms with van der Waals surface area (Å²) in [4.78, 5) is 89.2. The Morgan fingerprint density at radius 1 is 0.531 bits per heavy atom. The average molecular weight is 1140 g/mol. The van der Waals surface area contributed by atoms with E-state index in [1.807, 2.05) is 26.8 Å². The molecule has 0 saturated heterocycles. The highest BCUT2D eigenvalue weighted by Crippen LogP contribution is 2.43. The van der Waals surface area contributed by atoms with Gasteiger partial charge in [-0.25, -0.2) is 4.79 Å². The molecule has 0 saturated carbocycles. The van der Waals surface area contributed by atoms with Crippen LogP contribution < -0.4 is 9.47 Å². The summed E-state index contributed by atoms with van der Waals surface area (Å²) >= 11 is 0. The molecule has 1 aromatic rings. The fraction of sp³-hybridized carbons (Fsp3) is 0.773. The second-order valence-electron chi connectivity index (χ2n) is 22.5. The molecular formula is C66H108O15. The van der Waals surface area contributed by atoms with Crippen molar-refractivity contribution in [3.05, 3.63) is 33.9 Å². The molecule has 15 heteroatoms. The smallest absolute Gasteiger partial charge is 0.342 e. The van der Waals surface area contributed by atoms with E-state index in [0.29, 0.717) is 54.5 Å². The number of rotatable bonds is 51. The van der Waals surface area contributed by atoms with Gasteiger partial charge in [-0.3, -0.25) is 28.8 Å². The van der Waals surface area contributed by atoms with Crippen molar-refractivity contribution < 1.29 is 71.5 Å². The quantitative estimate of drug-likeness (QED) is 0.0196. The van der Waals surface area contributed by atoms with Crippen LogP contribution in [0.4, 0.5) is 0 Å². The van der Waals surface area contributed by atoms with Crippen molar-refractivity contribution in [2.24, 2.45) is 5.92 Å². The Hall–Kier alpha value is -4.95. The molecule has 1 unspecified atom stereocenters. The molecule has 0 amide bonds. The normalized spacial score (nSPS) is 12.4.